The number of hydrogen-bond acceptors (Lipinski definition) is 24. The number of nitrogens with one attached hydrogen (secondary N) is 10. The van der Waals surface area contributed by atoms with Crippen molar-refractivity contribution in [2.45, 2.75) is 44.1 Å². The van der Waals surface area contributed by atoms with Crippen molar-refractivity contribution >= 4 is 154 Å². The van der Waals surface area contributed by atoms with Crippen LogP contribution in [0.5, 0.6) is 5.75 Å². The molecule has 1 amide bonds. The number of thiophene rings is 1. The number of ether oxygens (including phenoxy) is 1. The molecule has 0 bridgehead atoms. The number of halogens is 12. The van der Waals surface area contributed by atoms with Gasteiger partial charge < -0.3 is 80.4 Å². The number of amides is 1. The van der Waals surface area contributed by atoms with Crippen LogP contribution in [0.2, 0.25) is 0 Å². The number of hydrogen-bond donors (Lipinski definition) is 10. The van der Waals surface area contributed by atoms with Crippen LogP contribution >= 0.6 is 39.9 Å². The lowest BCUT2D eigenvalue weighted by molar-refractivity contribution is -0.138. The topological polar surface area (TPSA) is 340 Å². The molecule has 0 unspecified atom stereocenters. The Bertz CT molecular complexity index is 6070. The number of benzene rings is 6. The summed E-state index contributed by atoms with van der Waals surface area (Å²) in [5, 5.41) is 30.3. The maximum absolute atomic E-state index is 13.6. The molecule has 660 valence electrons. The Hall–Kier alpha value is -12.2. The number of aromatic amines is 1. The summed E-state index contributed by atoms with van der Waals surface area (Å²) in [7, 11) is -5.40. The van der Waals surface area contributed by atoms with E-state index in [0.29, 0.717) is 75.3 Å². The van der Waals surface area contributed by atoms with Crippen molar-refractivity contribution in [3.8, 4) is 5.75 Å². The van der Waals surface area contributed by atoms with Gasteiger partial charge in [0.05, 0.1) is 25.7 Å². The average molecular weight is 1830 g/mol. The van der Waals surface area contributed by atoms with Gasteiger partial charge in [0.25, 0.3) is 5.91 Å². The first-order chi connectivity index (χ1) is 58.7. The third-order valence-corrected chi connectivity index (χ3v) is 25.2. The number of rotatable bonds is 27. The minimum absolute atomic E-state index is 0.0181. The first-order valence-electron chi connectivity index (χ1n) is 37.6. The third kappa shape index (κ3) is 26.9. The molecule has 0 spiro atoms. The smallest absolute Gasteiger partial charge is 0.421 e. The molecule has 13 rings (SSSR count). The molecule has 7 heterocycles. The van der Waals surface area contributed by atoms with Crippen LogP contribution in [0.1, 0.15) is 48.7 Å². The second kappa shape index (κ2) is 40.2. The van der Waals surface area contributed by atoms with E-state index in [1.807, 2.05) is 78.3 Å². The van der Waals surface area contributed by atoms with Crippen LogP contribution < -0.4 is 73.8 Å². The Morgan fingerprint density at radius 2 is 0.864 bits per heavy atom. The molecule has 7 aromatic heterocycles. The van der Waals surface area contributed by atoms with E-state index in [2.05, 4.69) is 97.7 Å². The van der Waals surface area contributed by atoms with Crippen LogP contribution in [-0.2, 0) is 69.4 Å². The molecule has 0 aliphatic carbocycles. The highest BCUT2D eigenvalue weighted by molar-refractivity contribution is 7.71. The number of carbonyl (C=O) groups is 1. The zero-order valence-electron chi connectivity index (χ0n) is 68.7. The molecular formula is C82H86F12N20O6P4S. The number of aromatic nitrogens is 11. The average Bonchev–Trinajstić information content (AvgIpc) is 1.67. The quantitative estimate of drug-likeness (QED) is 0.0169. The fourth-order valence-corrected chi connectivity index (χ4v) is 15.8. The van der Waals surface area contributed by atoms with Crippen molar-refractivity contribution in [1.29, 1.82) is 0 Å². The standard InChI is InChI=1S/C23H23F3N5OP.C21H22F3N4OP.C20H23F3N7O3P.C18H18F3N4OPS/c1-33(2,32)17-9-7-16(8-10-17)30-22-29-14-19(23(24,25)26)21(31-22)27-12-11-15-13-28-20-6-4-3-5-18(15)20;1-30(2,29)17-10-8-16(9-11-17)27-20-26-14-18(21(22,23)24)19(28-20)25-13-12-15-6-4-3-5-7-15;1-24-18(31)15-17(26-10-30(15)2)28-16-12(20(21,22)23)9-25-19(29-16)27-13-7-6-11(34(4,5)32)8-14(13)33-3;1-27(2,26)13-7-5-12(6-8-13)24-17-23-11-15(18(19,20)21)16(25-17)22-10-14-4-3-9-28-14/h3-10,13-14,28H,11-12H2,1-2H3,(H2,27,29,30,31);3-11,14H,12-13H2,1-2H3,(H2,25,26,27,28);6-10H,1-5H3,(H,24,31)(H2,25,27,28,29);3-9,11H,10H2,1-2H3,(H2,22,23,24,25). The number of carbonyl (C=O) groups excluding carboxylic acids is 1. The third-order valence-electron chi connectivity index (χ3n) is 18.2. The highest BCUT2D eigenvalue weighted by Crippen LogP contribution is 2.43. The fraction of sp³-hybridized carbons (Fsp3) is 0.244. The lowest BCUT2D eigenvalue weighted by Crippen LogP contribution is -2.22. The van der Waals surface area contributed by atoms with Gasteiger partial charge in [-0.25, -0.2) is 24.9 Å². The van der Waals surface area contributed by atoms with E-state index in [1.165, 1.54) is 43.4 Å². The monoisotopic (exact) mass is 1830 g/mol. The Morgan fingerprint density at radius 1 is 0.456 bits per heavy atom. The second-order valence-corrected chi connectivity index (χ2v) is 43.0. The number of fused-ring (bicyclic) bond motifs is 1. The maximum atomic E-state index is 13.6. The van der Waals surface area contributed by atoms with Crippen molar-refractivity contribution in [3.05, 3.63) is 244 Å². The van der Waals surface area contributed by atoms with E-state index >= 15 is 0 Å². The molecule has 0 aliphatic rings. The van der Waals surface area contributed by atoms with Gasteiger partial charge in [0, 0.05) is 112 Å². The summed E-state index contributed by atoms with van der Waals surface area (Å²) in [6.45, 7) is 14.0. The number of methoxy groups -OCH3 is 1. The summed E-state index contributed by atoms with van der Waals surface area (Å²) in [4.78, 5) is 51.4. The molecule has 26 nitrogen and oxygen atoms in total. The van der Waals surface area contributed by atoms with Crippen LogP contribution in [0.25, 0.3) is 10.9 Å². The molecule has 10 N–H and O–H groups in total. The predicted octanol–water partition coefficient (Wildman–Crippen LogP) is 19.3. The van der Waals surface area contributed by atoms with Crippen molar-refractivity contribution in [1.82, 2.24) is 59.7 Å². The van der Waals surface area contributed by atoms with Gasteiger partial charge in [-0.1, -0.05) is 54.6 Å². The number of anilines is 13. The SMILES string of the molecule is CNC(=O)c1c(Nc2nc(Nc3ccc(P(C)(C)=O)cc3OC)ncc2C(F)(F)F)ncn1C.CP(C)(=O)c1ccc(Nc2ncc(C(F)(F)F)c(NCCc3c[nH]c4ccccc34)n2)cc1.CP(C)(=O)c1ccc(Nc2ncc(C(F)(F)F)c(NCCc3ccccc3)n2)cc1.CP(C)(=O)c1ccc(Nc2ncc(C(F)(F)F)c(NCc3cccs3)n2)cc1. The summed E-state index contributed by atoms with van der Waals surface area (Å²) >= 11 is 1.44. The van der Waals surface area contributed by atoms with Crippen molar-refractivity contribution in [3.63, 3.8) is 0 Å². The number of imidazole rings is 1. The van der Waals surface area contributed by atoms with Crippen molar-refractivity contribution in [2.75, 3.05) is 123 Å². The minimum atomic E-state index is -4.77. The molecule has 0 aliphatic heterocycles. The zero-order valence-corrected chi connectivity index (χ0v) is 73.1. The van der Waals surface area contributed by atoms with E-state index in [1.54, 1.807) is 144 Å². The van der Waals surface area contributed by atoms with Crippen LogP contribution in [-0.4, -0.2) is 141 Å². The van der Waals surface area contributed by atoms with Gasteiger partial charge in [-0.2, -0.15) is 72.6 Å². The van der Waals surface area contributed by atoms with Gasteiger partial charge in [0.1, 0.15) is 79.8 Å². The van der Waals surface area contributed by atoms with Crippen molar-refractivity contribution in [2.24, 2.45) is 7.05 Å². The first kappa shape index (κ1) is 95.1. The van der Waals surface area contributed by atoms with Crippen LogP contribution in [0.15, 0.2) is 200 Å². The Kier molecular flexibility index (Phi) is 30.6. The Morgan fingerprint density at radius 3 is 1.29 bits per heavy atom. The van der Waals surface area contributed by atoms with E-state index in [9.17, 15) is 75.7 Å². The molecule has 0 saturated heterocycles. The molecule has 6 aromatic carbocycles. The van der Waals surface area contributed by atoms with Gasteiger partial charge in [0.2, 0.25) is 23.8 Å². The fourth-order valence-electron chi connectivity index (χ4n) is 11.7. The zero-order chi connectivity index (χ0) is 91.0. The molecule has 0 radical (unpaired) electrons. The molecule has 0 fully saturated rings. The van der Waals surface area contributed by atoms with E-state index in [0.717, 1.165) is 45.5 Å². The number of nitrogens with zero attached hydrogens (tertiary/aromatic N) is 10. The molecule has 0 atom stereocenters. The largest absolute Gasteiger partial charge is 0.495 e. The summed E-state index contributed by atoms with van der Waals surface area (Å²) in [6, 6.07) is 46.1. The van der Waals surface area contributed by atoms with Crippen LogP contribution in [0.4, 0.5) is 128 Å². The summed E-state index contributed by atoms with van der Waals surface area (Å²) in [5.74, 6) is -1.87. The highest BCUT2D eigenvalue weighted by Gasteiger charge is 2.39. The minimum Gasteiger partial charge on any atom is -0.495 e. The Labute approximate surface area is 714 Å². The van der Waals surface area contributed by atoms with Gasteiger partial charge in [0.15, 0.2) is 11.5 Å². The summed E-state index contributed by atoms with van der Waals surface area (Å²) in [6.07, 6.45) is -11.4. The molecule has 0 saturated carbocycles. The molecular weight excluding hydrogens is 1740 g/mol. The van der Waals surface area contributed by atoms with Crippen LogP contribution in [0.3, 0.4) is 0 Å². The number of alkyl halides is 12. The highest BCUT2D eigenvalue weighted by atomic mass is 32.1. The van der Waals surface area contributed by atoms with E-state index < -0.39 is 87.3 Å². The predicted molar refractivity (Wildman–Crippen MR) is 471 cm³/mol. The van der Waals surface area contributed by atoms with E-state index in [-0.39, 0.29) is 65.8 Å². The lowest BCUT2D eigenvalue weighted by atomic mass is 10.1. The lowest BCUT2D eigenvalue weighted by Gasteiger charge is -2.16. The van der Waals surface area contributed by atoms with Gasteiger partial charge in [-0.3, -0.25) is 4.79 Å². The maximum Gasteiger partial charge on any atom is 0.421 e. The Balaban J connectivity index is 0.000000175. The number of aryl methyl sites for hydroxylation is 1. The molecule has 13 aromatic rings. The number of H-pyrrole nitrogens is 1. The van der Waals surface area contributed by atoms with Crippen LogP contribution in [0, 0.1) is 0 Å². The first-order valence-corrected chi connectivity index (χ1v) is 48.9. The van der Waals surface area contributed by atoms with E-state index in [4.69, 9.17) is 4.74 Å². The second-order valence-electron chi connectivity index (χ2n) is 29.1. The molecule has 125 heavy (non-hydrogen) atoms. The molecule has 43 heteroatoms. The summed E-state index contributed by atoms with van der Waals surface area (Å²) < 4.78 is 217. The normalized spacial score (nSPS) is 12.0. The van der Waals surface area contributed by atoms with Crippen molar-refractivity contribution < 1.29 is 80.5 Å². The van der Waals surface area contributed by atoms with Gasteiger partial charge in [-0.15, -0.1) is 11.3 Å². The van der Waals surface area contributed by atoms with Gasteiger partial charge >= 0.3 is 24.7 Å². The van der Waals surface area contributed by atoms with Gasteiger partial charge in [-0.05, 0) is 186 Å². The number of para-hydroxylation sites is 1. The summed E-state index contributed by atoms with van der Waals surface area (Å²) in [5.41, 5.74) is 1.19.